The van der Waals surface area contributed by atoms with E-state index in [1.54, 1.807) is 0 Å². The lowest BCUT2D eigenvalue weighted by Crippen LogP contribution is -2.17. The van der Waals surface area contributed by atoms with E-state index >= 15 is 0 Å². The standard InChI is InChI=1S/C11H16N2/c12-8-6-11(7-9-13)10-4-2-1-3-5-10/h10-11H,1-7H2. The van der Waals surface area contributed by atoms with E-state index in [0.29, 0.717) is 24.7 Å². The van der Waals surface area contributed by atoms with Gasteiger partial charge in [-0.15, -0.1) is 0 Å². The first-order valence-electron chi connectivity index (χ1n) is 5.12. The van der Waals surface area contributed by atoms with Gasteiger partial charge in [0.15, 0.2) is 0 Å². The van der Waals surface area contributed by atoms with Gasteiger partial charge in [0, 0.05) is 12.8 Å². The Hall–Kier alpha value is -1.02. The first kappa shape index (κ1) is 10.1. The van der Waals surface area contributed by atoms with Crippen molar-refractivity contribution in [3.05, 3.63) is 0 Å². The van der Waals surface area contributed by atoms with Gasteiger partial charge in [-0.25, -0.2) is 0 Å². The molecule has 0 amide bonds. The summed E-state index contributed by atoms with van der Waals surface area (Å²) in [5.41, 5.74) is 0. The molecule has 0 atom stereocenters. The second kappa shape index (κ2) is 5.60. The fraction of sp³-hybridized carbons (Fsp3) is 0.818. The average molecular weight is 176 g/mol. The van der Waals surface area contributed by atoms with Gasteiger partial charge in [0.1, 0.15) is 0 Å². The summed E-state index contributed by atoms with van der Waals surface area (Å²) in [6.45, 7) is 0. The van der Waals surface area contributed by atoms with Crippen molar-refractivity contribution in [2.75, 3.05) is 0 Å². The van der Waals surface area contributed by atoms with Crippen LogP contribution in [0.2, 0.25) is 0 Å². The lowest BCUT2D eigenvalue weighted by atomic mass is 9.77. The highest BCUT2D eigenvalue weighted by atomic mass is 14.3. The van der Waals surface area contributed by atoms with Crippen molar-refractivity contribution in [1.82, 2.24) is 0 Å². The second-order valence-corrected chi connectivity index (χ2v) is 3.88. The SMILES string of the molecule is N#CCC(CC#N)C1CCCCC1. The van der Waals surface area contributed by atoms with Gasteiger partial charge in [0.25, 0.3) is 0 Å². The zero-order chi connectivity index (χ0) is 9.52. The van der Waals surface area contributed by atoms with Crippen LogP contribution in [-0.2, 0) is 0 Å². The highest BCUT2D eigenvalue weighted by molar-refractivity contribution is 4.87. The van der Waals surface area contributed by atoms with Gasteiger partial charge >= 0.3 is 0 Å². The summed E-state index contributed by atoms with van der Waals surface area (Å²) < 4.78 is 0. The minimum atomic E-state index is 0.343. The normalized spacial score (nSPS) is 18.1. The summed E-state index contributed by atoms with van der Waals surface area (Å²) in [5.74, 6) is 0.989. The maximum Gasteiger partial charge on any atom is 0.0625 e. The molecule has 1 aliphatic carbocycles. The van der Waals surface area contributed by atoms with Crippen LogP contribution in [0.15, 0.2) is 0 Å². The predicted octanol–water partition coefficient (Wildman–Crippen LogP) is 3.01. The van der Waals surface area contributed by atoms with Gasteiger partial charge in [-0.3, -0.25) is 0 Å². The van der Waals surface area contributed by atoms with Crippen molar-refractivity contribution in [2.45, 2.75) is 44.9 Å². The van der Waals surface area contributed by atoms with Crippen molar-refractivity contribution >= 4 is 0 Å². The second-order valence-electron chi connectivity index (χ2n) is 3.88. The van der Waals surface area contributed by atoms with Crippen LogP contribution < -0.4 is 0 Å². The largest absolute Gasteiger partial charge is 0.198 e. The third kappa shape index (κ3) is 3.07. The molecule has 70 valence electrons. The van der Waals surface area contributed by atoms with Crippen LogP contribution in [0.3, 0.4) is 0 Å². The molecule has 0 radical (unpaired) electrons. The number of hydrogen-bond acceptors (Lipinski definition) is 2. The van der Waals surface area contributed by atoms with Crippen LogP contribution >= 0.6 is 0 Å². The number of nitriles is 2. The zero-order valence-corrected chi connectivity index (χ0v) is 8.00. The summed E-state index contributed by atoms with van der Waals surface area (Å²) in [6.07, 6.45) is 7.51. The molecule has 1 aliphatic rings. The summed E-state index contributed by atoms with van der Waals surface area (Å²) in [6, 6.07) is 4.40. The van der Waals surface area contributed by atoms with Crippen molar-refractivity contribution in [2.24, 2.45) is 11.8 Å². The lowest BCUT2D eigenvalue weighted by Gasteiger charge is -2.27. The van der Waals surface area contributed by atoms with Crippen molar-refractivity contribution < 1.29 is 0 Å². The molecule has 0 bridgehead atoms. The first-order valence-corrected chi connectivity index (χ1v) is 5.12. The average Bonchev–Trinajstić information content (AvgIpc) is 2.19. The molecule has 0 spiro atoms. The van der Waals surface area contributed by atoms with Crippen LogP contribution in [-0.4, -0.2) is 0 Å². The van der Waals surface area contributed by atoms with Gasteiger partial charge in [-0.2, -0.15) is 10.5 Å². The Balaban J connectivity index is 2.43. The van der Waals surface area contributed by atoms with E-state index in [9.17, 15) is 0 Å². The molecule has 2 nitrogen and oxygen atoms in total. The van der Waals surface area contributed by atoms with Gasteiger partial charge in [-0.1, -0.05) is 32.1 Å². The highest BCUT2D eigenvalue weighted by Crippen LogP contribution is 2.33. The van der Waals surface area contributed by atoms with E-state index in [1.165, 1.54) is 32.1 Å². The summed E-state index contributed by atoms with van der Waals surface area (Å²) in [4.78, 5) is 0. The molecule has 1 rings (SSSR count). The van der Waals surface area contributed by atoms with Crippen molar-refractivity contribution in [1.29, 1.82) is 10.5 Å². The van der Waals surface area contributed by atoms with Crippen LogP contribution in [0.4, 0.5) is 0 Å². The summed E-state index contributed by atoms with van der Waals surface area (Å²) in [5, 5.41) is 17.3. The van der Waals surface area contributed by atoms with E-state index in [4.69, 9.17) is 10.5 Å². The zero-order valence-electron chi connectivity index (χ0n) is 8.00. The maximum atomic E-state index is 8.63. The Labute approximate surface area is 80.2 Å². The molecule has 2 heteroatoms. The van der Waals surface area contributed by atoms with Gasteiger partial charge in [-0.05, 0) is 11.8 Å². The molecule has 0 saturated heterocycles. The van der Waals surface area contributed by atoms with Gasteiger partial charge < -0.3 is 0 Å². The molecule has 0 N–H and O–H groups in total. The van der Waals surface area contributed by atoms with E-state index in [2.05, 4.69) is 12.1 Å². The fourth-order valence-corrected chi connectivity index (χ4v) is 2.25. The third-order valence-electron chi connectivity index (χ3n) is 3.02. The van der Waals surface area contributed by atoms with Crippen LogP contribution in [0.25, 0.3) is 0 Å². The number of rotatable bonds is 3. The Kier molecular flexibility index (Phi) is 4.33. The topological polar surface area (TPSA) is 47.6 Å². The van der Waals surface area contributed by atoms with Crippen molar-refractivity contribution in [3.8, 4) is 12.1 Å². The minimum absolute atomic E-state index is 0.343. The fourth-order valence-electron chi connectivity index (χ4n) is 2.25. The van der Waals surface area contributed by atoms with Crippen LogP contribution in [0.5, 0.6) is 0 Å². The molecule has 13 heavy (non-hydrogen) atoms. The molecule has 1 fully saturated rings. The van der Waals surface area contributed by atoms with Crippen LogP contribution in [0.1, 0.15) is 44.9 Å². The molecule has 0 unspecified atom stereocenters. The van der Waals surface area contributed by atoms with E-state index in [0.717, 1.165) is 0 Å². The van der Waals surface area contributed by atoms with Crippen molar-refractivity contribution in [3.63, 3.8) is 0 Å². The van der Waals surface area contributed by atoms with E-state index in [1.807, 2.05) is 0 Å². The quantitative estimate of drug-likeness (QED) is 0.663. The minimum Gasteiger partial charge on any atom is -0.198 e. The number of nitrogens with zero attached hydrogens (tertiary/aromatic N) is 2. The molecule has 0 aromatic heterocycles. The molecule has 1 saturated carbocycles. The molecular weight excluding hydrogens is 160 g/mol. The maximum absolute atomic E-state index is 8.63. The van der Waals surface area contributed by atoms with E-state index in [-0.39, 0.29) is 0 Å². The molecule has 0 heterocycles. The third-order valence-corrected chi connectivity index (χ3v) is 3.02. The Morgan fingerprint density at radius 2 is 1.54 bits per heavy atom. The Morgan fingerprint density at radius 1 is 1.00 bits per heavy atom. The molecule has 0 aromatic rings. The predicted molar refractivity (Wildman–Crippen MR) is 50.5 cm³/mol. The lowest BCUT2D eigenvalue weighted by molar-refractivity contribution is 0.253. The summed E-state index contributed by atoms with van der Waals surface area (Å²) >= 11 is 0. The monoisotopic (exact) mass is 176 g/mol. The highest BCUT2D eigenvalue weighted by Gasteiger charge is 2.22. The Morgan fingerprint density at radius 3 is 2.00 bits per heavy atom. The van der Waals surface area contributed by atoms with Crippen LogP contribution in [0, 0.1) is 34.5 Å². The molecule has 0 aromatic carbocycles. The smallest absolute Gasteiger partial charge is 0.0625 e. The van der Waals surface area contributed by atoms with Gasteiger partial charge in [0.05, 0.1) is 12.1 Å². The number of hydrogen-bond donors (Lipinski definition) is 0. The first-order chi connectivity index (χ1) is 6.38. The Bertz CT molecular complexity index is 199. The summed E-state index contributed by atoms with van der Waals surface area (Å²) in [7, 11) is 0. The molecule has 0 aliphatic heterocycles. The van der Waals surface area contributed by atoms with Gasteiger partial charge in [0.2, 0.25) is 0 Å². The molecular formula is C11H16N2. The van der Waals surface area contributed by atoms with E-state index < -0.39 is 0 Å².